The molecule has 1 unspecified atom stereocenters. The fourth-order valence-corrected chi connectivity index (χ4v) is 3.99. The summed E-state index contributed by atoms with van der Waals surface area (Å²) in [6.45, 7) is 2.13. The maximum atomic E-state index is 11.8. The van der Waals surface area contributed by atoms with Gasteiger partial charge in [0.1, 0.15) is 25.9 Å². The molecule has 0 aromatic rings. The number of unbranched alkanes of at least 4 members (excludes halogenated alkanes) is 12. The molecule has 0 aliphatic heterocycles. The van der Waals surface area contributed by atoms with Crippen LogP contribution >= 0.6 is 7.82 Å². The van der Waals surface area contributed by atoms with Gasteiger partial charge in [-0.05, 0) is 6.42 Å². The van der Waals surface area contributed by atoms with Crippen molar-refractivity contribution in [3.63, 3.8) is 0 Å². The average Bonchev–Trinajstić information content (AvgIpc) is 2.73. The second-order valence-electron chi connectivity index (χ2n) is 9.94. The van der Waals surface area contributed by atoms with Crippen LogP contribution in [0.5, 0.6) is 0 Å². The maximum Gasteiger partial charge on any atom is 0.472 e. The topological polar surface area (TPSA) is 102 Å². The van der Waals surface area contributed by atoms with E-state index in [1.807, 2.05) is 21.1 Å². The Labute approximate surface area is 202 Å². The molecule has 0 aliphatic carbocycles. The number of nitrogens with zero attached hydrogens (tertiary/aromatic N) is 1. The van der Waals surface area contributed by atoms with E-state index in [2.05, 4.69) is 6.92 Å². The van der Waals surface area contributed by atoms with Gasteiger partial charge in [0, 0.05) is 6.42 Å². The van der Waals surface area contributed by atoms with Gasteiger partial charge >= 0.3 is 13.8 Å². The summed E-state index contributed by atoms with van der Waals surface area (Å²) in [6, 6.07) is 0. The van der Waals surface area contributed by atoms with Crippen LogP contribution in [0, 0.1) is 0 Å². The molecule has 0 radical (unpaired) electrons. The van der Waals surface area contributed by atoms with Crippen molar-refractivity contribution in [2.45, 2.75) is 103 Å². The van der Waals surface area contributed by atoms with E-state index in [4.69, 9.17) is 13.8 Å². The highest BCUT2D eigenvalue weighted by atomic mass is 31.2. The Bertz CT molecular complexity index is 525. The summed E-state index contributed by atoms with van der Waals surface area (Å²) in [5, 5.41) is 9.81. The molecule has 0 aromatic heterocycles. The maximum absolute atomic E-state index is 11.8. The summed E-state index contributed by atoms with van der Waals surface area (Å²) in [6.07, 6.45) is 15.3. The average molecular weight is 497 g/mol. The molecule has 0 aromatic carbocycles. The van der Waals surface area contributed by atoms with Gasteiger partial charge in [0.2, 0.25) is 0 Å². The zero-order chi connectivity index (χ0) is 25.0. The van der Waals surface area contributed by atoms with E-state index in [1.54, 1.807) is 0 Å². The lowest BCUT2D eigenvalue weighted by Crippen LogP contribution is -2.37. The quantitative estimate of drug-likeness (QED) is 0.0866. The number of rotatable bonds is 23. The largest absolute Gasteiger partial charge is 0.472 e. The normalized spacial score (nSPS) is 14.7. The molecule has 0 bridgehead atoms. The van der Waals surface area contributed by atoms with Crippen LogP contribution in [0.4, 0.5) is 0 Å². The number of hydrogen-bond acceptors (Lipinski definition) is 6. The third kappa shape index (κ3) is 24.4. The fraction of sp³-hybridized carbons (Fsp3) is 0.958. The first-order valence-electron chi connectivity index (χ1n) is 12.8. The monoisotopic (exact) mass is 496 g/mol. The summed E-state index contributed by atoms with van der Waals surface area (Å²) in [4.78, 5) is 21.4. The van der Waals surface area contributed by atoms with Crippen LogP contribution in [-0.4, -0.2) is 74.1 Å². The summed E-state index contributed by atoms with van der Waals surface area (Å²) in [7, 11) is 1.57. The second-order valence-corrected chi connectivity index (χ2v) is 11.4. The van der Waals surface area contributed by atoms with E-state index in [0.717, 1.165) is 19.3 Å². The van der Waals surface area contributed by atoms with E-state index >= 15 is 0 Å². The SMILES string of the molecule is CCCCCCCCCCCCCCCC(=O)OC[C@@H](O)COP(=O)(O)OCC[N+](C)(C)C. The van der Waals surface area contributed by atoms with Gasteiger partial charge in [0.15, 0.2) is 0 Å². The Balaban J connectivity index is 3.57. The lowest BCUT2D eigenvalue weighted by Gasteiger charge is -2.24. The van der Waals surface area contributed by atoms with Gasteiger partial charge in [0.05, 0.1) is 27.7 Å². The lowest BCUT2D eigenvalue weighted by atomic mass is 10.0. The van der Waals surface area contributed by atoms with Crippen molar-refractivity contribution in [2.75, 3.05) is 47.5 Å². The van der Waals surface area contributed by atoms with Gasteiger partial charge in [-0.2, -0.15) is 0 Å². The minimum Gasteiger partial charge on any atom is -0.463 e. The molecular weight excluding hydrogens is 445 g/mol. The first-order valence-corrected chi connectivity index (χ1v) is 14.3. The minimum atomic E-state index is -4.23. The third-order valence-corrected chi connectivity index (χ3v) is 6.35. The van der Waals surface area contributed by atoms with Gasteiger partial charge in [-0.25, -0.2) is 4.57 Å². The zero-order valence-electron chi connectivity index (χ0n) is 21.6. The molecule has 33 heavy (non-hydrogen) atoms. The fourth-order valence-electron chi connectivity index (χ4n) is 3.24. The van der Waals surface area contributed by atoms with E-state index in [9.17, 15) is 19.4 Å². The van der Waals surface area contributed by atoms with Crippen LogP contribution in [0.1, 0.15) is 96.8 Å². The van der Waals surface area contributed by atoms with Gasteiger partial charge in [-0.1, -0.05) is 84.0 Å². The number of phosphoric ester groups is 1. The van der Waals surface area contributed by atoms with Crippen LogP contribution < -0.4 is 0 Å². The van der Waals surface area contributed by atoms with E-state index in [-0.39, 0.29) is 19.2 Å². The van der Waals surface area contributed by atoms with Crippen molar-refractivity contribution < 1.29 is 37.6 Å². The zero-order valence-corrected chi connectivity index (χ0v) is 22.5. The van der Waals surface area contributed by atoms with E-state index in [0.29, 0.717) is 17.4 Å². The minimum absolute atomic E-state index is 0.0570. The van der Waals surface area contributed by atoms with Crippen molar-refractivity contribution in [3.05, 3.63) is 0 Å². The Hall–Kier alpha value is -0.500. The molecule has 0 aliphatic rings. The molecule has 0 amide bonds. The van der Waals surface area contributed by atoms with Crippen LogP contribution in [0.25, 0.3) is 0 Å². The van der Waals surface area contributed by atoms with Crippen LogP contribution in [0.3, 0.4) is 0 Å². The first-order chi connectivity index (χ1) is 15.6. The predicted molar refractivity (Wildman–Crippen MR) is 132 cm³/mol. The van der Waals surface area contributed by atoms with Crippen LogP contribution in [0.2, 0.25) is 0 Å². The lowest BCUT2D eigenvalue weighted by molar-refractivity contribution is -0.870. The van der Waals surface area contributed by atoms with E-state index < -0.39 is 20.5 Å². The number of quaternary nitrogens is 1. The summed E-state index contributed by atoms with van der Waals surface area (Å²) in [5.41, 5.74) is 0. The summed E-state index contributed by atoms with van der Waals surface area (Å²) >= 11 is 0. The molecule has 0 heterocycles. The highest BCUT2D eigenvalue weighted by Gasteiger charge is 2.24. The van der Waals surface area contributed by atoms with Crippen molar-refractivity contribution in [2.24, 2.45) is 0 Å². The Morgan fingerprint density at radius 2 is 1.30 bits per heavy atom. The number of esters is 1. The first kappa shape index (κ1) is 32.5. The number of likely N-dealkylation sites (N-methyl/N-ethyl adjacent to an activating group) is 1. The van der Waals surface area contributed by atoms with Gasteiger partial charge in [-0.15, -0.1) is 0 Å². The highest BCUT2D eigenvalue weighted by molar-refractivity contribution is 7.47. The molecule has 2 N–H and O–H groups in total. The van der Waals surface area contributed by atoms with Crippen molar-refractivity contribution in [1.29, 1.82) is 0 Å². The number of ether oxygens (including phenoxy) is 1. The molecule has 9 heteroatoms. The smallest absolute Gasteiger partial charge is 0.463 e. The highest BCUT2D eigenvalue weighted by Crippen LogP contribution is 2.43. The number of carbonyl (C=O) groups is 1. The Kier molecular flexibility index (Phi) is 19.5. The summed E-state index contributed by atoms with van der Waals surface area (Å²) < 4.78 is 27.0. The number of carbonyl (C=O) groups excluding carboxylic acids is 1. The van der Waals surface area contributed by atoms with Gasteiger partial charge in [-0.3, -0.25) is 13.8 Å². The Morgan fingerprint density at radius 3 is 1.79 bits per heavy atom. The molecule has 2 atom stereocenters. The molecule has 0 saturated carbocycles. The van der Waals surface area contributed by atoms with Gasteiger partial charge in [0.25, 0.3) is 0 Å². The van der Waals surface area contributed by atoms with Crippen LogP contribution in [-0.2, 0) is 23.1 Å². The second kappa shape index (κ2) is 19.8. The number of aliphatic hydroxyl groups is 1. The molecule has 8 nitrogen and oxygen atoms in total. The molecule has 198 valence electrons. The molecular formula is C24H51NO7P+. The van der Waals surface area contributed by atoms with Crippen molar-refractivity contribution in [3.8, 4) is 0 Å². The Morgan fingerprint density at radius 1 is 0.818 bits per heavy atom. The molecule has 0 fully saturated rings. The third-order valence-electron chi connectivity index (χ3n) is 5.37. The standard InChI is InChI=1S/C24H50NO7P/c1-5-6-7-8-9-10-11-12-13-14-15-16-17-18-24(27)30-21-23(26)22-32-33(28,29)31-20-19-25(2,3)4/h23,26H,5-22H2,1-4H3/p+1/t23-/m1/s1. The number of aliphatic hydroxyl groups excluding tert-OH is 1. The molecule has 0 saturated heterocycles. The molecule has 0 rings (SSSR count). The van der Waals surface area contributed by atoms with Crippen molar-refractivity contribution in [1.82, 2.24) is 0 Å². The predicted octanol–water partition coefficient (Wildman–Crippen LogP) is 5.21. The molecule has 0 spiro atoms. The van der Waals surface area contributed by atoms with Crippen molar-refractivity contribution >= 4 is 13.8 Å². The summed E-state index contributed by atoms with van der Waals surface area (Å²) in [5.74, 6) is -0.372. The number of hydrogen-bond donors (Lipinski definition) is 2. The van der Waals surface area contributed by atoms with Gasteiger partial charge < -0.3 is 19.2 Å². The van der Waals surface area contributed by atoms with E-state index in [1.165, 1.54) is 64.2 Å². The number of phosphoric acid groups is 1. The van der Waals surface area contributed by atoms with Crippen LogP contribution in [0.15, 0.2) is 0 Å².